The summed E-state index contributed by atoms with van der Waals surface area (Å²) in [6.07, 6.45) is 12.1. The van der Waals surface area contributed by atoms with Gasteiger partial charge in [-0.25, -0.2) is 4.98 Å². The average Bonchev–Trinajstić information content (AvgIpc) is 3.34. The summed E-state index contributed by atoms with van der Waals surface area (Å²) in [6, 6.07) is 4.52. The molecule has 9 heteroatoms. The molecule has 0 fully saturated rings. The van der Waals surface area contributed by atoms with E-state index in [1.807, 2.05) is 44.6 Å². The fourth-order valence-electron chi connectivity index (χ4n) is 4.68. The Bertz CT molecular complexity index is 957. The number of carbonyl (C=O) groups excluding carboxylic acids is 1. The van der Waals surface area contributed by atoms with Crippen molar-refractivity contribution in [3.63, 3.8) is 0 Å². The molecule has 220 valence electrons. The Kier molecular flexibility index (Phi) is 17.2. The van der Waals surface area contributed by atoms with Crippen molar-refractivity contribution in [2.45, 2.75) is 72.3 Å². The highest BCUT2D eigenvalue weighted by Gasteiger charge is 2.27. The number of nitrogens with zero attached hydrogens (tertiary/aromatic N) is 6. The van der Waals surface area contributed by atoms with E-state index in [1.54, 1.807) is 14.2 Å². The summed E-state index contributed by atoms with van der Waals surface area (Å²) in [7, 11) is 9.60. The molecule has 3 rings (SSSR count). The van der Waals surface area contributed by atoms with Gasteiger partial charge in [-0.2, -0.15) is 0 Å². The first-order valence-corrected chi connectivity index (χ1v) is 14.0. The summed E-state index contributed by atoms with van der Waals surface area (Å²) < 4.78 is 6.46. The van der Waals surface area contributed by atoms with E-state index in [-0.39, 0.29) is 6.17 Å². The SMILES string of the molecule is C/C=C\C.CCN(CCN(C)C)C(C)n1cnc(CN(C)[C@H]2CCCc3cccnc32)c1CNC=O.COC. The second-order valence-corrected chi connectivity index (χ2v) is 10.1. The van der Waals surface area contributed by atoms with Gasteiger partial charge in [-0.15, -0.1) is 0 Å². The molecule has 2 heterocycles. The van der Waals surface area contributed by atoms with Crippen LogP contribution in [0.3, 0.4) is 0 Å². The van der Waals surface area contributed by atoms with E-state index in [4.69, 9.17) is 9.97 Å². The maximum absolute atomic E-state index is 11.1. The van der Waals surface area contributed by atoms with Gasteiger partial charge in [0, 0.05) is 40.1 Å². The zero-order chi connectivity index (χ0) is 29.2. The molecule has 0 saturated heterocycles. The fourth-order valence-corrected chi connectivity index (χ4v) is 4.68. The van der Waals surface area contributed by atoms with E-state index in [0.29, 0.717) is 12.6 Å². The van der Waals surface area contributed by atoms with Gasteiger partial charge >= 0.3 is 0 Å². The van der Waals surface area contributed by atoms with Crippen molar-refractivity contribution in [1.82, 2.24) is 34.6 Å². The van der Waals surface area contributed by atoms with Crippen molar-refractivity contribution in [2.24, 2.45) is 0 Å². The third-order valence-electron chi connectivity index (χ3n) is 6.94. The van der Waals surface area contributed by atoms with Gasteiger partial charge in [0.1, 0.15) is 0 Å². The molecule has 2 aromatic rings. The highest BCUT2D eigenvalue weighted by molar-refractivity contribution is 5.46. The van der Waals surface area contributed by atoms with Gasteiger partial charge in [-0.05, 0) is 79.4 Å². The molecule has 1 aliphatic rings. The van der Waals surface area contributed by atoms with Crippen LogP contribution >= 0.6 is 0 Å². The zero-order valence-corrected chi connectivity index (χ0v) is 25.9. The lowest BCUT2D eigenvalue weighted by atomic mass is 9.91. The van der Waals surface area contributed by atoms with Crippen molar-refractivity contribution in [3.8, 4) is 0 Å². The van der Waals surface area contributed by atoms with E-state index < -0.39 is 0 Å². The first-order valence-electron chi connectivity index (χ1n) is 14.0. The van der Waals surface area contributed by atoms with Crippen molar-refractivity contribution < 1.29 is 9.53 Å². The fraction of sp³-hybridized carbons (Fsp3) is 0.633. The Morgan fingerprint density at radius 1 is 1.18 bits per heavy atom. The normalized spacial score (nSPS) is 15.4. The largest absolute Gasteiger partial charge is 0.388 e. The molecule has 39 heavy (non-hydrogen) atoms. The van der Waals surface area contributed by atoms with Gasteiger partial charge in [0.2, 0.25) is 6.41 Å². The predicted molar refractivity (Wildman–Crippen MR) is 160 cm³/mol. The summed E-state index contributed by atoms with van der Waals surface area (Å²) >= 11 is 0. The van der Waals surface area contributed by atoms with E-state index in [1.165, 1.54) is 17.7 Å². The molecule has 0 spiro atoms. The van der Waals surface area contributed by atoms with Crippen LogP contribution in [0.1, 0.15) is 75.4 Å². The van der Waals surface area contributed by atoms with Crippen molar-refractivity contribution >= 4 is 6.41 Å². The number of amides is 1. The minimum Gasteiger partial charge on any atom is -0.388 e. The summed E-state index contributed by atoms with van der Waals surface area (Å²) in [5, 5.41) is 2.86. The third-order valence-corrected chi connectivity index (χ3v) is 6.94. The number of hydrogen-bond donors (Lipinski definition) is 1. The summed E-state index contributed by atoms with van der Waals surface area (Å²) in [5.41, 5.74) is 4.64. The lowest BCUT2D eigenvalue weighted by molar-refractivity contribution is -0.109. The number of pyridine rings is 1. The number of ether oxygens (including phenoxy) is 1. The van der Waals surface area contributed by atoms with Crippen LogP contribution in [0, 0.1) is 0 Å². The number of likely N-dealkylation sites (N-methyl/N-ethyl adjacent to an activating group) is 2. The molecular weight excluding hydrogens is 490 g/mol. The molecular formula is C30H53N7O2. The topological polar surface area (TPSA) is 78.8 Å². The lowest BCUT2D eigenvalue weighted by Crippen LogP contribution is -2.37. The maximum Gasteiger partial charge on any atom is 0.207 e. The summed E-state index contributed by atoms with van der Waals surface area (Å²) in [4.78, 5) is 27.6. The van der Waals surface area contributed by atoms with Crippen LogP contribution in [0.5, 0.6) is 0 Å². The second kappa shape index (κ2) is 19.5. The number of nitrogens with one attached hydrogen (secondary N) is 1. The molecule has 0 saturated carbocycles. The molecule has 1 aliphatic carbocycles. The number of carbonyl (C=O) groups is 1. The van der Waals surface area contributed by atoms with Crippen LogP contribution in [0.25, 0.3) is 0 Å². The van der Waals surface area contributed by atoms with Gasteiger partial charge in [-0.3, -0.25) is 19.6 Å². The predicted octanol–water partition coefficient (Wildman–Crippen LogP) is 4.28. The van der Waals surface area contributed by atoms with Crippen LogP contribution in [0.2, 0.25) is 0 Å². The van der Waals surface area contributed by atoms with E-state index >= 15 is 0 Å². The Balaban J connectivity index is 0.000000975. The smallest absolute Gasteiger partial charge is 0.207 e. The Hall–Kier alpha value is -2.59. The molecule has 0 aromatic carbocycles. The van der Waals surface area contributed by atoms with Crippen LogP contribution in [-0.4, -0.2) is 90.6 Å². The van der Waals surface area contributed by atoms with Crippen LogP contribution in [0.4, 0.5) is 0 Å². The molecule has 1 amide bonds. The van der Waals surface area contributed by atoms with E-state index in [9.17, 15) is 4.79 Å². The van der Waals surface area contributed by atoms with Gasteiger partial charge in [0.05, 0.1) is 42.2 Å². The van der Waals surface area contributed by atoms with Crippen molar-refractivity contribution in [2.75, 3.05) is 55.0 Å². The minimum absolute atomic E-state index is 0.159. The molecule has 1 unspecified atom stereocenters. The zero-order valence-electron chi connectivity index (χ0n) is 25.9. The third kappa shape index (κ3) is 11.2. The number of rotatable bonds is 12. The molecule has 0 radical (unpaired) electrons. The minimum atomic E-state index is 0.159. The monoisotopic (exact) mass is 543 g/mol. The Morgan fingerprint density at radius 2 is 1.87 bits per heavy atom. The first-order chi connectivity index (χ1) is 18.8. The van der Waals surface area contributed by atoms with Crippen LogP contribution in [0.15, 0.2) is 36.8 Å². The maximum atomic E-state index is 11.1. The molecule has 2 atom stereocenters. The number of aromatic nitrogens is 3. The van der Waals surface area contributed by atoms with Crippen LogP contribution < -0.4 is 5.32 Å². The molecule has 9 nitrogen and oxygen atoms in total. The number of fused-ring (bicyclic) bond motifs is 1. The molecule has 0 bridgehead atoms. The second-order valence-electron chi connectivity index (χ2n) is 10.1. The van der Waals surface area contributed by atoms with Gasteiger partial charge < -0.3 is 19.5 Å². The van der Waals surface area contributed by atoms with Crippen LogP contribution in [-0.2, 0) is 29.0 Å². The molecule has 1 N–H and O–H groups in total. The van der Waals surface area contributed by atoms with Crippen molar-refractivity contribution in [3.05, 3.63) is 59.5 Å². The van der Waals surface area contributed by atoms with Gasteiger partial charge in [0.15, 0.2) is 0 Å². The van der Waals surface area contributed by atoms with Crippen molar-refractivity contribution in [1.29, 1.82) is 0 Å². The van der Waals surface area contributed by atoms with E-state index in [2.05, 4.69) is 70.4 Å². The highest BCUT2D eigenvalue weighted by Crippen LogP contribution is 2.33. The summed E-state index contributed by atoms with van der Waals surface area (Å²) in [6.45, 7) is 12.5. The number of hydrogen-bond acceptors (Lipinski definition) is 7. The standard InChI is InChI=1S/C24H39N7O.C4H8.C2H6O/c1-6-30(14-13-28(3)4)19(2)31-17-27-21(23(31)15-25-18-32)16-29(5)22-11-7-9-20-10-8-12-26-24(20)22;1-3-4-2;1-3-2/h8,10,12,17-19,22H,6-7,9,11,13-16H2,1-5H3,(H,25,32);3-4H,1-2H3;1-2H3/b;4-3-;/t19?,22-;;/m0../s1. The number of aryl methyl sites for hydroxylation is 1. The highest BCUT2D eigenvalue weighted by atomic mass is 16.4. The van der Waals surface area contributed by atoms with Gasteiger partial charge in [0.25, 0.3) is 0 Å². The number of allylic oxidation sites excluding steroid dienone is 2. The quantitative estimate of drug-likeness (QED) is 0.316. The summed E-state index contributed by atoms with van der Waals surface area (Å²) in [5.74, 6) is 0. The Labute approximate surface area is 237 Å². The van der Waals surface area contributed by atoms with E-state index in [0.717, 1.165) is 56.8 Å². The Morgan fingerprint density at radius 3 is 2.46 bits per heavy atom. The number of imidazole rings is 1. The molecule has 0 aliphatic heterocycles. The first kappa shape index (κ1) is 34.4. The average molecular weight is 544 g/mol. The van der Waals surface area contributed by atoms with Gasteiger partial charge in [-0.1, -0.05) is 25.1 Å². The lowest BCUT2D eigenvalue weighted by Gasteiger charge is -2.32. The number of methoxy groups -OCH3 is 1. The molecule has 2 aromatic heterocycles.